The molecule has 0 bridgehead atoms. The third kappa shape index (κ3) is 3.27. The fourth-order valence-corrected chi connectivity index (χ4v) is 3.94. The molecule has 0 radical (unpaired) electrons. The zero-order valence-electron chi connectivity index (χ0n) is 9.07. The van der Waals surface area contributed by atoms with E-state index < -0.39 is 10.0 Å². The maximum atomic E-state index is 11.9. The second-order valence-electron chi connectivity index (χ2n) is 3.51. The van der Waals surface area contributed by atoms with E-state index in [1.165, 1.54) is 11.3 Å². The van der Waals surface area contributed by atoms with Crippen LogP contribution >= 0.6 is 11.3 Å². The summed E-state index contributed by atoms with van der Waals surface area (Å²) in [6.07, 6.45) is 0. The zero-order chi connectivity index (χ0) is 11.5. The quantitative estimate of drug-likeness (QED) is 0.822. The highest BCUT2D eigenvalue weighted by Gasteiger charge is 2.19. The molecule has 0 amide bonds. The second-order valence-corrected chi connectivity index (χ2v) is 6.20. The van der Waals surface area contributed by atoms with Crippen LogP contribution in [0.2, 0.25) is 0 Å². The van der Waals surface area contributed by atoms with Gasteiger partial charge in [0.25, 0.3) is 0 Å². The summed E-state index contributed by atoms with van der Waals surface area (Å²) in [6.45, 7) is 4.19. The van der Waals surface area contributed by atoms with Gasteiger partial charge in [-0.2, -0.15) is 0 Å². The predicted molar refractivity (Wildman–Crippen MR) is 62.5 cm³/mol. The first-order valence-corrected chi connectivity index (χ1v) is 7.07. The Kier molecular flexibility index (Phi) is 4.27. The van der Waals surface area contributed by atoms with Crippen LogP contribution in [0.15, 0.2) is 16.3 Å². The summed E-state index contributed by atoms with van der Waals surface area (Å²) in [4.78, 5) is 1.22. The van der Waals surface area contributed by atoms with E-state index in [0.717, 1.165) is 4.88 Å². The van der Waals surface area contributed by atoms with E-state index in [1.54, 1.807) is 18.5 Å². The molecule has 15 heavy (non-hydrogen) atoms. The summed E-state index contributed by atoms with van der Waals surface area (Å²) in [5, 5.41) is 4.75. The van der Waals surface area contributed by atoms with Crippen LogP contribution in [0.4, 0.5) is 0 Å². The summed E-state index contributed by atoms with van der Waals surface area (Å²) in [5.74, 6) is 0. The molecule has 0 aliphatic carbocycles. The molecule has 6 heteroatoms. The molecule has 0 aromatic carbocycles. The van der Waals surface area contributed by atoms with E-state index in [1.807, 2.05) is 13.8 Å². The van der Waals surface area contributed by atoms with Crippen molar-refractivity contribution in [3.05, 3.63) is 16.3 Å². The molecule has 1 aromatic heterocycles. The highest BCUT2D eigenvalue weighted by molar-refractivity contribution is 7.89. The van der Waals surface area contributed by atoms with Crippen molar-refractivity contribution in [2.45, 2.75) is 31.3 Å². The van der Waals surface area contributed by atoms with Gasteiger partial charge in [-0.05, 0) is 32.3 Å². The van der Waals surface area contributed by atoms with Crippen molar-refractivity contribution in [2.24, 2.45) is 0 Å². The van der Waals surface area contributed by atoms with Gasteiger partial charge in [-0.15, -0.1) is 11.3 Å². The van der Waals surface area contributed by atoms with Gasteiger partial charge in [0.15, 0.2) is 0 Å². The molecule has 0 fully saturated rings. The molecule has 0 atom stereocenters. The minimum atomic E-state index is -3.35. The van der Waals surface area contributed by atoms with Gasteiger partial charge in [0.1, 0.15) is 0 Å². The Labute approximate surface area is 94.8 Å². The normalized spacial score (nSPS) is 12.3. The van der Waals surface area contributed by atoms with E-state index in [2.05, 4.69) is 10.0 Å². The van der Waals surface area contributed by atoms with Crippen molar-refractivity contribution in [1.82, 2.24) is 10.0 Å². The van der Waals surface area contributed by atoms with Gasteiger partial charge in [-0.1, -0.05) is 0 Å². The van der Waals surface area contributed by atoms with Crippen LogP contribution < -0.4 is 10.0 Å². The van der Waals surface area contributed by atoms with E-state index in [4.69, 9.17) is 0 Å². The van der Waals surface area contributed by atoms with Gasteiger partial charge >= 0.3 is 0 Å². The van der Waals surface area contributed by atoms with Gasteiger partial charge < -0.3 is 5.32 Å². The van der Waals surface area contributed by atoms with E-state index in [9.17, 15) is 8.42 Å². The number of nitrogens with one attached hydrogen (secondary N) is 2. The van der Waals surface area contributed by atoms with E-state index in [-0.39, 0.29) is 6.04 Å². The first-order chi connectivity index (χ1) is 6.97. The largest absolute Gasteiger partial charge is 0.315 e. The fourth-order valence-electron chi connectivity index (χ4n) is 1.23. The summed E-state index contributed by atoms with van der Waals surface area (Å²) >= 11 is 1.45. The highest BCUT2D eigenvalue weighted by atomic mass is 32.2. The lowest BCUT2D eigenvalue weighted by Crippen LogP contribution is -2.30. The molecule has 0 aliphatic rings. The molecule has 1 aromatic rings. The number of hydrogen-bond acceptors (Lipinski definition) is 4. The van der Waals surface area contributed by atoms with Crippen LogP contribution in [-0.2, 0) is 16.6 Å². The predicted octanol–water partition coefficient (Wildman–Crippen LogP) is 1.15. The van der Waals surface area contributed by atoms with E-state index in [0.29, 0.717) is 11.4 Å². The first-order valence-electron chi connectivity index (χ1n) is 4.70. The molecule has 1 rings (SSSR count). The lowest BCUT2D eigenvalue weighted by Gasteiger charge is -2.09. The molecule has 2 N–H and O–H groups in total. The molecule has 0 aliphatic heterocycles. The van der Waals surface area contributed by atoms with Crippen molar-refractivity contribution in [2.75, 3.05) is 7.05 Å². The number of hydrogen-bond donors (Lipinski definition) is 2. The van der Waals surface area contributed by atoms with Gasteiger partial charge in [0.2, 0.25) is 10.0 Å². The Morgan fingerprint density at radius 1 is 1.47 bits per heavy atom. The van der Waals surface area contributed by atoms with Crippen molar-refractivity contribution in [1.29, 1.82) is 0 Å². The molecular formula is C9H16N2O2S2. The molecule has 0 unspecified atom stereocenters. The monoisotopic (exact) mass is 248 g/mol. The molecular weight excluding hydrogens is 232 g/mol. The maximum absolute atomic E-state index is 11.9. The summed E-state index contributed by atoms with van der Waals surface area (Å²) in [6, 6.07) is 1.56. The standard InChI is InChI=1S/C9H16N2O2S2/c1-7(2)11-15(12,13)9-4-5-14-8(9)6-10-3/h4-5,7,10-11H,6H2,1-3H3. The van der Waals surface area contributed by atoms with Crippen molar-refractivity contribution in [3.63, 3.8) is 0 Å². The molecule has 1 heterocycles. The number of thiophene rings is 1. The second kappa shape index (κ2) is 5.07. The fraction of sp³-hybridized carbons (Fsp3) is 0.556. The van der Waals surface area contributed by atoms with Gasteiger partial charge in [0, 0.05) is 17.5 Å². The van der Waals surface area contributed by atoms with Crippen molar-refractivity contribution >= 4 is 21.4 Å². The van der Waals surface area contributed by atoms with Crippen molar-refractivity contribution < 1.29 is 8.42 Å². The third-order valence-corrected chi connectivity index (χ3v) is 4.52. The maximum Gasteiger partial charge on any atom is 0.241 e. The smallest absolute Gasteiger partial charge is 0.241 e. The highest BCUT2D eigenvalue weighted by Crippen LogP contribution is 2.21. The average molecular weight is 248 g/mol. The van der Waals surface area contributed by atoms with Gasteiger partial charge in [-0.25, -0.2) is 13.1 Å². The van der Waals surface area contributed by atoms with Crippen LogP contribution in [-0.4, -0.2) is 21.5 Å². The Bertz CT molecular complexity index is 410. The molecule has 0 spiro atoms. The first kappa shape index (κ1) is 12.6. The minimum Gasteiger partial charge on any atom is -0.315 e. The van der Waals surface area contributed by atoms with Crippen LogP contribution in [0.25, 0.3) is 0 Å². The lowest BCUT2D eigenvalue weighted by atomic mass is 10.4. The van der Waals surface area contributed by atoms with Gasteiger partial charge in [-0.3, -0.25) is 0 Å². The van der Waals surface area contributed by atoms with Crippen molar-refractivity contribution in [3.8, 4) is 0 Å². The Hall–Kier alpha value is -0.430. The van der Waals surface area contributed by atoms with E-state index >= 15 is 0 Å². The average Bonchev–Trinajstić information content (AvgIpc) is 2.51. The molecule has 4 nitrogen and oxygen atoms in total. The van der Waals surface area contributed by atoms with Crippen LogP contribution in [0, 0.1) is 0 Å². The molecule has 0 saturated heterocycles. The lowest BCUT2D eigenvalue weighted by molar-refractivity contribution is 0.569. The zero-order valence-corrected chi connectivity index (χ0v) is 10.7. The Balaban J connectivity index is 2.99. The minimum absolute atomic E-state index is 0.0858. The Morgan fingerprint density at radius 3 is 2.67 bits per heavy atom. The SMILES string of the molecule is CNCc1sccc1S(=O)(=O)NC(C)C. The third-order valence-electron chi connectivity index (χ3n) is 1.72. The number of sulfonamides is 1. The van der Waals surface area contributed by atoms with Crippen LogP contribution in [0.5, 0.6) is 0 Å². The van der Waals surface area contributed by atoms with Crippen LogP contribution in [0.1, 0.15) is 18.7 Å². The number of rotatable bonds is 5. The summed E-state index contributed by atoms with van der Waals surface area (Å²) < 4.78 is 26.3. The van der Waals surface area contributed by atoms with Gasteiger partial charge in [0.05, 0.1) is 4.90 Å². The topological polar surface area (TPSA) is 58.2 Å². The summed E-state index contributed by atoms with van der Waals surface area (Å²) in [5.41, 5.74) is 0. The Morgan fingerprint density at radius 2 is 2.13 bits per heavy atom. The van der Waals surface area contributed by atoms with Crippen LogP contribution in [0.3, 0.4) is 0 Å². The summed E-state index contributed by atoms with van der Waals surface area (Å²) in [7, 11) is -1.55. The molecule has 86 valence electrons. The molecule has 0 saturated carbocycles.